The number of nitrogens with one attached hydrogen (secondary N) is 1. The quantitative estimate of drug-likeness (QED) is 0.551. The van der Waals surface area contributed by atoms with Crippen molar-refractivity contribution in [2.45, 2.75) is 51.1 Å². The van der Waals surface area contributed by atoms with E-state index < -0.39 is 5.82 Å². The first kappa shape index (κ1) is 25.1. The second-order valence-corrected chi connectivity index (χ2v) is 9.87. The lowest BCUT2D eigenvalue weighted by Gasteiger charge is -2.38. The van der Waals surface area contributed by atoms with Crippen molar-refractivity contribution in [3.63, 3.8) is 0 Å². The van der Waals surface area contributed by atoms with E-state index in [4.69, 9.17) is 0 Å². The van der Waals surface area contributed by atoms with Crippen molar-refractivity contribution in [1.29, 1.82) is 0 Å². The van der Waals surface area contributed by atoms with E-state index >= 15 is 0 Å². The number of hydrogen-bond acceptors (Lipinski definition) is 6. The smallest absolute Gasteiger partial charge is 0.255 e. The molecule has 9 heteroatoms. The van der Waals surface area contributed by atoms with Gasteiger partial charge in [-0.15, -0.1) is 0 Å². The van der Waals surface area contributed by atoms with Gasteiger partial charge in [0, 0.05) is 42.6 Å². The molecule has 2 aromatic heterocycles. The second kappa shape index (κ2) is 11.2. The monoisotopic (exact) mass is 504 g/mol. The predicted octanol–water partition coefficient (Wildman–Crippen LogP) is 3.71. The van der Waals surface area contributed by atoms with Gasteiger partial charge in [-0.3, -0.25) is 19.1 Å². The van der Waals surface area contributed by atoms with Crippen LogP contribution in [0.25, 0.3) is 16.9 Å². The molecular formula is C28H33FN6O2. The van der Waals surface area contributed by atoms with Gasteiger partial charge in [0.1, 0.15) is 5.69 Å². The van der Waals surface area contributed by atoms with Crippen LogP contribution < -0.4 is 10.9 Å². The van der Waals surface area contributed by atoms with Gasteiger partial charge in [-0.05, 0) is 63.9 Å². The summed E-state index contributed by atoms with van der Waals surface area (Å²) in [6.07, 6.45) is 7.98. The molecule has 0 spiro atoms. The van der Waals surface area contributed by atoms with Crippen LogP contribution >= 0.6 is 0 Å². The molecule has 2 saturated heterocycles. The minimum absolute atomic E-state index is 0.0738. The number of carbonyl (C=O) groups is 1. The number of carbonyl (C=O) groups excluding carboxylic acids is 1. The lowest BCUT2D eigenvalue weighted by atomic mass is 10.0. The van der Waals surface area contributed by atoms with E-state index in [0.29, 0.717) is 30.3 Å². The third-order valence-electron chi connectivity index (χ3n) is 7.40. The minimum atomic E-state index is -0.532. The zero-order chi connectivity index (χ0) is 25.8. The Balaban J connectivity index is 1.24. The van der Waals surface area contributed by atoms with Crippen molar-refractivity contribution in [2.75, 3.05) is 31.5 Å². The summed E-state index contributed by atoms with van der Waals surface area (Å²) < 4.78 is 16.3. The number of hydrogen-bond donors (Lipinski definition) is 1. The zero-order valence-corrected chi connectivity index (χ0v) is 21.1. The van der Waals surface area contributed by atoms with Crippen LogP contribution in [-0.2, 0) is 4.79 Å². The van der Waals surface area contributed by atoms with E-state index in [1.807, 2.05) is 11.8 Å². The Hall–Kier alpha value is -3.59. The first-order valence-corrected chi connectivity index (χ1v) is 13.1. The molecule has 0 bridgehead atoms. The van der Waals surface area contributed by atoms with Crippen LogP contribution in [0, 0.1) is 5.82 Å². The average Bonchev–Trinajstić information content (AvgIpc) is 2.94. The summed E-state index contributed by atoms with van der Waals surface area (Å²) in [6.45, 7) is 5.38. The average molecular weight is 505 g/mol. The molecule has 2 aliphatic rings. The first-order valence-electron chi connectivity index (χ1n) is 13.1. The molecule has 0 aliphatic carbocycles. The van der Waals surface area contributed by atoms with Crippen LogP contribution in [0.5, 0.6) is 0 Å². The van der Waals surface area contributed by atoms with Crippen molar-refractivity contribution in [3.8, 4) is 16.9 Å². The third-order valence-corrected chi connectivity index (χ3v) is 7.40. The minimum Gasteiger partial charge on any atom is -0.351 e. The summed E-state index contributed by atoms with van der Waals surface area (Å²) in [7, 11) is 0. The zero-order valence-electron chi connectivity index (χ0n) is 21.1. The van der Waals surface area contributed by atoms with E-state index in [9.17, 15) is 14.0 Å². The Bertz CT molecular complexity index is 1300. The normalized spacial score (nSPS) is 17.9. The Labute approximate surface area is 216 Å². The highest BCUT2D eigenvalue weighted by Crippen LogP contribution is 2.25. The SMILES string of the molecule is CC(C(=O)N1CCC(Nc2ncc(F)c(-c3cccc(-n4ccccc4=O)c3)n2)CC1)N1CCCCC1. The van der Waals surface area contributed by atoms with E-state index in [1.54, 1.807) is 42.6 Å². The van der Waals surface area contributed by atoms with E-state index in [-0.39, 0.29) is 29.2 Å². The summed E-state index contributed by atoms with van der Waals surface area (Å²) in [5.74, 6) is 0.0263. The van der Waals surface area contributed by atoms with Crippen molar-refractivity contribution in [3.05, 3.63) is 71.0 Å². The predicted molar refractivity (Wildman–Crippen MR) is 141 cm³/mol. The number of halogens is 1. The van der Waals surface area contributed by atoms with Gasteiger partial charge in [0.25, 0.3) is 5.56 Å². The maximum absolute atomic E-state index is 14.7. The fourth-order valence-corrected chi connectivity index (χ4v) is 5.24. The molecule has 0 saturated carbocycles. The van der Waals surface area contributed by atoms with Crippen LogP contribution in [0.3, 0.4) is 0 Å². The number of anilines is 1. The molecule has 0 radical (unpaired) electrons. The van der Waals surface area contributed by atoms with Gasteiger partial charge in [-0.25, -0.2) is 14.4 Å². The molecule has 1 N–H and O–H groups in total. The standard InChI is InChI=1S/C28H33FN6O2/c1-20(33-13-4-2-5-14-33)27(37)34-16-11-22(12-17-34)31-28-30-19-24(29)26(32-28)21-8-7-9-23(18-21)35-15-6-3-10-25(35)36/h3,6-10,15,18-20,22H,2,4-5,11-14,16-17H2,1H3,(H,30,31,32). The van der Waals surface area contributed by atoms with Gasteiger partial charge >= 0.3 is 0 Å². The maximum atomic E-state index is 14.7. The molecule has 1 atom stereocenters. The molecule has 5 rings (SSSR count). The van der Waals surface area contributed by atoms with Crippen molar-refractivity contribution < 1.29 is 9.18 Å². The molecule has 2 fully saturated rings. The number of likely N-dealkylation sites (tertiary alicyclic amines) is 2. The van der Waals surface area contributed by atoms with Gasteiger partial charge in [-0.1, -0.05) is 24.6 Å². The number of benzene rings is 1. The number of rotatable bonds is 6. The molecule has 194 valence electrons. The van der Waals surface area contributed by atoms with Crippen LogP contribution in [-0.4, -0.2) is 68.5 Å². The molecule has 1 unspecified atom stereocenters. The summed E-state index contributed by atoms with van der Waals surface area (Å²) in [5, 5.41) is 3.33. The lowest BCUT2D eigenvalue weighted by Crippen LogP contribution is -2.51. The largest absolute Gasteiger partial charge is 0.351 e. The number of amides is 1. The van der Waals surface area contributed by atoms with Gasteiger partial charge in [0.15, 0.2) is 5.82 Å². The molecule has 1 amide bonds. The number of nitrogens with zero attached hydrogens (tertiary/aromatic N) is 5. The molecule has 37 heavy (non-hydrogen) atoms. The molecule has 1 aromatic carbocycles. The molecular weight excluding hydrogens is 471 g/mol. The van der Waals surface area contributed by atoms with Crippen molar-refractivity contribution in [2.24, 2.45) is 0 Å². The Morgan fingerprint density at radius 2 is 1.84 bits per heavy atom. The fraction of sp³-hybridized carbons (Fsp3) is 0.429. The molecule has 2 aliphatic heterocycles. The highest BCUT2D eigenvalue weighted by atomic mass is 19.1. The number of pyridine rings is 1. The summed E-state index contributed by atoms with van der Waals surface area (Å²) in [5.41, 5.74) is 1.20. The second-order valence-electron chi connectivity index (χ2n) is 9.87. The van der Waals surface area contributed by atoms with Crippen molar-refractivity contribution >= 4 is 11.9 Å². The molecule has 8 nitrogen and oxygen atoms in total. The van der Waals surface area contributed by atoms with Crippen LogP contribution in [0.1, 0.15) is 39.0 Å². The fourth-order valence-electron chi connectivity index (χ4n) is 5.24. The van der Waals surface area contributed by atoms with Crippen LogP contribution in [0.4, 0.5) is 10.3 Å². The highest BCUT2D eigenvalue weighted by Gasteiger charge is 2.30. The Morgan fingerprint density at radius 3 is 2.59 bits per heavy atom. The van der Waals surface area contributed by atoms with Gasteiger partial charge in [0.05, 0.1) is 12.2 Å². The summed E-state index contributed by atoms with van der Waals surface area (Å²) >= 11 is 0. The Kier molecular flexibility index (Phi) is 7.60. The van der Waals surface area contributed by atoms with Gasteiger partial charge < -0.3 is 10.2 Å². The Morgan fingerprint density at radius 1 is 1.05 bits per heavy atom. The third kappa shape index (κ3) is 5.72. The topological polar surface area (TPSA) is 83.4 Å². The highest BCUT2D eigenvalue weighted by molar-refractivity contribution is 5.81. The van der Waals surface area contributed by atoms with Crippen LogP contribution in [0.15, 0.2) is 59.7 Å². The molecule has 3 aromatic rings. The lowest BCUT2D eigenvalue weighted by molar-refractivity contribution is -0.137. The number of piperidine rings is 2. The van der Waals surface area contributed by atoms with Crippen molar-refractivity contribution in [1.82, 2.24) is 24.3 Å². The first-order chi connectivity index (χ1) is 18.0. The van der Waals surface area contributed by atoms with E-state index in [1.165, 1.54) is 36.1 Å². The summed E-state index contributed by atoms with van der Waals surface area (Å²) in [6, 6.07) is 12.0. The van der Waals surface area contributed by atoms with Gasteiger partial charge in [-0.2, -0.15) is 0 Å². The van der Waals surface area contributed by atoms with E-state index in [0.717, 1.165) is 25.9 Å². The van der Waals surface area contributed by atoms with E-state index in [2.05, 4.69) is 20.2 Å². The maximum Gasteiger partial charge on any atom is 0.255 e. The number of aromatic nitrogens is 3. The summed E-state index contributed by atoms with van der Waals surface area (Å²) in [4.78, 5) is 38.1. The van der Waals surface area contributed by atoms with Gasteiger partial charge in [0.2, 0.25) is 11.9 Å². The molecule has 4 heterocycles. The van der Waals surface area contributed by atoms with Crippen LogP contribution in [0.2, 0.25) is 0 Å².